The molecule has 6 N–H and O–H groups in total. The van der Waals surface area contributed by atoms with Gasteiger partial charge in [-0.2, -0.15) is 0 Å². The molecule has 0 fully saturated rings. The van der Waals surface area contributed by atoms with Gasteiger partial charge in [0.05, 0.1) is 0 Å². The maximum Gasteiger partial charge on any atom is 0.185 e. The van der Waals surface area contributed by atoms with Gasteiger partial charge in [-0.25, -0.2) is 0 Å². The highest BCUT2D eigenvalue weighted by atomic mass is 15.0. The molecule has 0 radical (unpaired) electrons. The minimum Gasteiger partial charge on any atom is -0.370 e. The molecule has 0 amide bonds. The summed E-state index contributed by atoms with van der Waals surface area (Å²) in [7, 11) is 0. The molecule has 10 heavy (non-hydrogen) atoms. The molecule has 0 aromatic rings. The fourth-order valence-corrected chi connectivity index (χ4v) is 0.532. The van der Waals surface area contributed by atoms with Crippen molar-refractivity contribution in [3.05, 3.63) is 0 Å². The van der Waals surface area contributed by atoms with Gasteiger partial charge >= 0.3 is 0 Å². The monoisotopic (exact) mass is 144 g/mol. The van der Waals surface area contributed by atoms with Crippen molar-refractivity contribution < 1.29 is 0 Å². The average molecular weight is 144 g/mol. The van der Waals surface area contributed by atoms with Gasteiger partial charge < -0.3 is 17.2 Å². The van der Waals surface area contributed by atoms with Crippen LogP contribution in [0.3, 0.4) is 0 Å². The summed E-state index contributed by atoms with van der Waals surface area (Å²) in [6.07, 6.45) is 0.953. The van der Waals surface area contributed by atoms with E-state index in [-0.39, 0.29) is 5.96 Å². The molecule has 0 heterocycles. The van der Waals surface area contributed by atoms with Gasteiger partial charge in [0.25, 0.3) is 0 Å². The Labute approximate surface area is 61.5 Å². The molecule has 0 aliphatic rings. The normalized spacial score (nSPS) is 12.6. The third kappa shape index (κ3) is 5.37. The van der Waals surface area contributed by atoms with Gasteiger partial charge in [0.15, 0.2) is 5.96 Å². The molecule has 1 unspecified atom stereocenters. The Morgan fingerprint density at radius 3 is 2.50 bits per heavy atom. The van der Waals surface area contributed by atoms with Crippen LogP contribution >= 0.6 is 0 Å². The van der Waals surface area contributed by atoms with Crippen LogP contribution < -0.4 is 17.2 Å². The highest BCUT2D eigenvalue weighted by Gasteiger charge is 1.96. The van der Waals surface area contributed by atoms with Crippen molar-refractivity contribution in [3.63, 3.8) is 0 Å². The van der Waals surface area contributed by atoms with E-state index < -0.39 is 0 Å². The first-order valence-corrected chi connectivity index (χ1v) is 3.42. The van der Waals surface area contributed by atoms with Crippen LogP contribution in [-0.4, -0.2) is 19.0 Å². The number of nitrogens with zero attached hydrogens (tertiary/aromatic N) is 1. The van der Waals surface area contributed by atoms with E-state index in [0.717, 1.165) is 6.42 Å². The zero-order valence-electron chi connectivity index (χ0n) is 6.38. The minimum atomic E-state index is 0.157. The molecule has 0 aromatic carbocycles. The predicted octanol–water partition coefficient (Wildman–Crippen LogP) is -0.755. The van der Waals surface area contributed by atoms with E-state index in [9.17, 15) is 0 Å². The highest BCUT2D eigenvalue weighted by Crippen LogP contribution is 1.97. The fraction of sp³-hybridized carbons (Fsp3) is 0.833. The van der Waals surface area contributed by atoms with Gasteiger partial charge in [-0.3, -0.25) is 4.99 Å². The van der Waals surface area contributed by atoms with Gasteiger partial charge in [0.2, 0.25) is 0 Å². The van der Waals surface area contributed by atoms with Gasteiger partial charge in [-0.1, -0.05) is 6.92 Å². The lowest BCUT2D eigenvalue weighted by molar-refractivity contribution is 0.553. The Hall–Kier alpha value is -0.770. The van der Waals surface area contributed by atoms with E-state index in [0.29, 0.717) is 19.0 Å². The van der Waals surface area contributed by atoms with Crippen LogP contribution in [0.15, 0.2) is 4.99 Å². The number of hydrogen-bond acceptors (Lipinski definition) is 2. The van der Waals surface area contributed by atoms with Crippen molar-refractivity contribution >= 4 is 5.96 Å². The molecule has 0 aromatic heterocycles. The second kappa shape index (κ2) is 5.05. The zero-order valence-corrected chi connectivity index (χ0v) is 6.38. The summed E-state index contributed by atoms with van der Waals surface area (Å²) >= 11 is 0. The van der Waals surface area contributed by atoms with Gasteiger partial charge in [0, 0.05) is 6.54 Å². The zero-order chi connectivity index (χ0) is 7.98. The Bertz CT molecular complexity index is 106. The maximum atomic E-state index is 5.38. The maximum absolute atomic E-state index is 5.38. The van der Waals surface area contributed by atoms with E-state index in [4.69, 9.17) is 17.2 Å². The quantitative estimate of drug-likeness (QED) is 0.358. The molecule has 0 saturated heterocycles. The Kier molecular flexibility index (Phi) is 4.66. The van der Waals surface area contributed by atoms with Crippen LogP contribution in [-0.2, 0) is 0 Å². The molecule has 0 spiro atoms. The SMILES string of the molecule is CC(CN)CCN=C(N)N. The molecule has 4 nitrogen and oxygen atoms in total. The smallest absolute Gasteiger partial charge is 0.185 e. The lowest BCUT2D eigenvalue weighted by atomic mass is 10.1. The van der Waals surface area contributed by atoms with Crippen molar-refractivity contribution in [1.29, 1.82) is 0 Å². The number of guanidine groups is 1. The van der Waals surface area contributed by atoms with Crippen molar-refractivity contribution in [2.24, 2.45) is 28.1 Å². The summed E-state index contributed by atoms with van der Waals surface area (Å²) in [5.74, 6) is 0.660. The fourth-order valence-electron chi connectivity index (χ4n) is 0.532. The Morgan fingerprint density at radius 1 is 1.50 bits per heavy atom. The molecule has 1 atom stereocenters. The number of hydrogen-bond donors (Lipinski definition) is 3. The standard InChI is InChI=1S/C6H16N4/c1-5(4-7)2-3-10-6(8)9/h5H,2-4,7H2,1H3,(H4,8,9,10). The van der Waals surface area contributed by atoms with Crippen LogP contribution in [0.1, 0.15) is 13.3 Å². The predicted molar refractivity (Wildman–Crippen MR) is 43.5 cm³/mol. The van der Waals surface area contributed by atoms with Crippen molar-refractivity contribution in [2.75, 3.05) is 13.1 Å². The molecular weight excluding hydrogens is 128 g/mol. The van der Waals surface area contributed by atoms with Crippen molar-refractivity contribution in [3.8, 4) is 0 Å². The largest absolute Gasteiger partial charge is 0.370 e. The average Bonchev–Trinajstić information content (AvgIpc) is 1.87. The summed E-state index contributed by atoms with van der Waals surface area (Å²) < 4.78 is 0. The number of aliphatic imine (C=N–C) groups is 1. The first-order valence-electron chi connectivity index (χ1n) is 3.42. The second-order valence-corrected chi connectivity index (χ2v) is 2.44. The lowest BCUT2D eigenvalue weighted by Crippen LogP contribution is -2.23. The van der Waals surface area contributed by atoms with E-state index in [1.807, 2.05) is 0 Å². The van der Waals surface area contributed by atoms with Crippen molar-refractivity contribution in [2.45, 2.75) is 13.3 Å². The van der Waals surface area contributed by atoms with Crippen LogP contribution in [0, 0.1) is 5.92 Å². The first-order chi connectivity index (χ1) is 4.66. The van der Waals surface area contributed by atoms with Gasteiger partial charge in [0.1, 0.15) is 0 Å². The minimum absolute atomic E-state index is 0.157. The summed E-state index contributed by atoms with van der Waals surface area (Å²) in [6.45, 7) is 3.45. The molecule has 60 valence electrons. The molecule has 0 aliphatic heterocycles. The number of nitrogens with two attached hydrogens (primary N) is 3. The van der Waals surface area contributed by atoms with E-state index in [1.165, 1.54) is 0 Å². The molecule has 0 bridgehead atoms. The van der Waals surface area contributed by atoms with Crippen LogP contribution in [0.25, 0.3) is 0 Å². The summed E-state index contributed by atoms with van der Waals surface area (Å²) in [4.78, 5) is 3.83. The third-order valence-electron chi connectivity index (χ3n) is 1.32. The topological polar surface area (TPSA) is 90.4 Å². The molecule has 0 rings (SSSR count). The van der Waals surface area contributed by atoms with Gasteiger partial charge in [-0.15, -0.1) is 0 Å². The third-order valence-corrected chi connectivity index (χ3v) is 1.32. The van der Waals surface area contributed by atoms with E-state index >= 15 is 0 Å². The Balaban J connectivity index is 3.28. The Morgan fingerprint density at radius 2 is 2.10 bits per heavy atom. The van der Waals surface area contributed by atoms with Crippen molar-refractivity contribution in [1.82, 2.24) is 0 Å². The highest BCUT2D eigenvalue weighted by molar-refractivity contribution is 5.75. The van der Waals surface area contributed by atoms with Crippen LogP contribution in [0.4, 0.5) is 0 Å². The molecule has 0 saturated carbocycles. The van der Waals surface area contributed by atoms with E-state index in [2.05, 4.69) is 11.9 Å². The summed E-state index contributed by atoms with van der Waals surface area (Å²) in [5.41, 5.74) is 15.6. The molecule has 4 heteroatoms. The summed E-state index contributed by atoms with van der Waals surface area (Å²) in [5, 5.41) is 0. The van der Waals surface area contributed by atoms with Gasteiger partial charge in [-0.05, 0) is 18.9 Å². The molecule has 0 aliphatic carbocycles. The van der Waals surface area contributed by atoms with Crippen LogP contribution in [0.2, 0.25) is 0 Å². The van der Waals surface area contributed by atoms with E-state index in [1.54, 1.807) is 0 Å². The number of rotatable bonds is 4. The van der Waals surface area contributed by atoms with Crippen LogP contribution in [0.5, 0.6) is 0 Å². The first kappa shape index (κ1) is 9.23. The lowest BCUT2D eigenvalue weighted by Gasteiger charge is -2.03. The molecular formula is C6H16N4. The summed E-state index contributed by atoms with van der Waals surface area (Å²) in [6, 6.07) is 0. The second-order valence-electron chi connectivity index (χ2n) is 2.44.